The van der Waals surface area contributed by atoms with Gasteiger partial charge in [-0.3, -0.25) is 0 Å². The van der Waals surface area contributed by atoms with Crippen LogP contribution in [-0.4, -0.2) is 46.4 Å². The molecule has 3 aromatic rings. The summed E-state index contributed by atoms with van der Waals surface area (Å²) in [4.78, 5) is 8.50. The number of nitrogens with two attached hydrogens (primary N) is 1. The lowest BCUT2D eigenvalue weighted by molar-refractivity contribution is -0.0298. The third-order valence-corrected chi connectivity index (χ3v) is 13.8. The van der Waals surface area contributed by atoms with E-state index in [4.69, 9.17) is 19.6 Å². The number of aromatic nitrogens is 4. The Kier molecular flexibility index (Phi) is 8.20. The van der Waals surface area contributed by atoms with Crippen LogP contribution in [0.3, 0.4) is 0 Å². The first-order chi connectivity index (χ1) is 17.6. The van der Waals surface area contributed by atoms with E-state index in [1.165, 1.54) is 11.0 Å². The maximum atomic E-state index is 16.4. The van der Waals surface area contributed by atoms with Crippen molar-refractivity contribution < 1.29 is 18.3 Å². The Balaban J connectivity index is 1.69. The molecule has 4 atom stereocenters. The number of nitrogen functional groups attached to an aromatic ring is 1. The molecule has 1 aliphatic heterocycles. The minimum absolute atomic E-state index is 0.221. The quantitative estimate of drug-likeness (QED) is 0.313. The lowest BCUT2D eigenvalue weighted by Gasteiger charge is -2.44. The molecule has 1 aliphatic rings. The van der Waals surface area contributed by atoms with Gasteiger partial charge in [-0.1, -0.05) is 78.8 Å². The molecule has 0 spiro atoms. The van der Waals surface area contributed by atoms with E-state index in [-0.39, 0.29) is 18.3 Å². The summed E-state index contributed by atoms with van der Waals surface area (Å²) >= 11 is 0. The van der Waals surface area contributed by atoms with Crippen LogP contribution in [0, 0.1) is 0 Å². The molecule has 8 nitrogen and oxygen atoms in total. The third-order valence-electron chi connectivity index (χ3n) is 7.66. The second kappa shape index (κ2) is 11.0. The van der Waals surface area contributed by atoms with Gasteiger partial charge in [0.15, 0.2) is 18.0 Å². The SMILES string of the molecule is CC[C@H]1O[C@@H](n2nc(OCc3ccccc3)c3c(N)ncnc32)[C@@H](F)[C@@H]1O[Si](C(C)C)(C(C)C)C(C)C. The van der Waals surface area contributed by atoms with Gasteiger partial charge in [0.1, 0.15) is 30.2 Å². The fraction of sp³-hybridized carbons (Fsp3) is 0.593. The van der Waals surface area contributed by atoms with Crippen LogP contribution in [0.1, 0.15) is 66.7 Å². The van der Waals surface area contributed by atoms with Crippen LogP contribution in [0.15, 0.2) is 36.7 Å². The largest absolute Gasteiger partial charge is 0.471 e. The number of anilines is 1. The highest BCUT2D eigenvalue weighted by atomic mass is 28.4. The second-order valence-electron chi connectivity index (χ2n) is 10.8. The fourth-order valence-electron chi connectivity index (χ4n) is 5.97. The first-order valence-corrected chi connectivity index (χ1v) is 15.4. The Hall–Kier alpha value is -2.56. The predicted molar refractivity (Wildman–Crippen MR) is 146 cm³/mol. The van der Waals surface area contributed by atoms with Gasteiger partial charge in [-0.2, -0.15) is 0 Å². The number of ether oxygens (including phenoxy) is 2. The van der Waals surface area contributed by atoms with E-state index < -0.39 is 32.9 Å². The van der Waals surface area contributed by atoms with Gasteiger partial charge in [0.25, 0.3) is 0 Å². The first kappa shape index (κ1) is 27.5. The molecule has 3 heterocycles. The smallest absolute Gasteiger partial charge is 0.246 e. The molecular formula is C27H40FN5O3Si. The summed E-state index contributed by atoms with van der Waals surface area (Å²) < 4.78 is 37.1. The molecule has 0 unspecified atom stereocenters. The highest BCUT2D eigenvalue weighted by Gasteiger charge is 2.54. The van der Waals surface area contributed by atoms with Crippen molar-refractivity contribution in [3.8, 4) is 5.88 Å². The zero-order chi connectivity index (χ0) is 26.9. The highest BCUT2D eigenvalue weighted by molar-refractivity contribution is 6.77. The Morgan fingerprint density at radius 3 is 2.30 bits per heavy atom. The summed E-state index contributed by atoms with van der Waals surface area (Å²) in [5.41, 5.74) is 8.52. The van der Waals surface area contributed by atoms with Gasteiger partial charge in [-0.05, 0) is 28.6 Å². The van der Waals surface area contributed by atoms with Gasteiger partial charge >= 0.3 is 0 Å². The summed E-state index contributed by atoms with van der Waals surface area (Å²) in [6.07, 6.45) is -1.59. The summed E-state index contributed by atoms with van der Waals surface area (Å²) in [5.74, 6) is 0.471. The number of benzene rings is 1. The molecule has 0 amide bonds. The van der Waals surface area contributed by atoms with Crippen molar-refractivity contribution in [1.82, 2.24) is 19.7 Å². The van der Waals surface area contributed by atoms with Gasteiger partial charge in [-0.15, -0.1) is 5.10 Å². The predicted octanol–water partition coefficient (Wildman–Crippen LogP) is 6.19. The lowest BCUT2D eigenvalue weighted by Crippen LogP contribution is -2.53. The number of hydrogen-bond donors (Lipinski definition) is 1. The van der Waals surface area contributed by atoms with Gasteiger partial charge in [0.05, 0.1) is 6.10 Å². The van der Waals surface area contributed by atoms with Gasteiger partial charge < -0.3 is 19.6 Å². The van der Waals surface area contributed by atoms with E-state index >= 15 is 4.39 Å². The van der Waals surface area contributed by atoms with Crippen LogP contribution < -0.4 is 10.5 Å². The summed E-state index contributed by atoms with van der Waals surface area (Å²) in [5, 5.41) is 5.05. The number of hydrogen-bond acceptors (Lipinski definition) is 7. The van der Waals surface area contributed by atoms with Crippen molar-refractivity contribution in [2.75, 3.05) is 5.73 Å². The van der Waals surface area contributed by atoms with Crippen molar-refractivity contribution in [2.24, 2.45) is 0 Å². The minimum atomic E-state index is -2.35. The topological polar surface area (TPSA) is 97.3 Å². The van der Waals surface area contributed by atoms with Gasteiger partial charge in [0, 0.05) is 0 Å². The Labute approximate surface area is 219 Å². The Morgan fingerprint density at radius 1 is 1.05 bits per heavy atom. The molecule has 0 bridgehead atoms. The molecule has 4 rings (SSSR count). The van der Waals surface area contributed by atoms with Crippen molar-refractivity contribution in [3.05, 3.63) is 42.2 Å². The molecule has 0 radical (unpaired) electrons. The maximum Gasteiger partial charge on any atom is 0.246 e. The van der Waals surface area contributed by atoms with Crippen molar-refractivity contribution in [2.45, 2.75) is 103 Å². The normalized spacial score (nSPS) is 22.6. The van der Waals surface area contributed by atoms with Crippen molar-refractivity contribution >= 4 is 25.2 Å². The van der Waals surface area contributed by atoms with Crippen LogP contribution in [0.25, 0.3) is 11.0 Å². The molecule has 1 saturated heterocycles. The number of rotatable bonds is 10. The molecule has 2 N–H and O–H groups in total. The van der Waals surface area contributed by atoms with Gasteiger partial charge in [-0.25, -0.2) is 19.0 Å². The molecule has 0 aliphatic carbocycles. The maximum absolute atomic E-state index is 16.4. The third kappa shape index (κ3) is 4.98. The number of halogens is 1. The molecular weight excluding hydrogens is 489 g/mol. The van der Waals surface area contributed by atoms with E-state index in [9.17, 15) is 0 Å². The van der Waals surface area contributed by atoms with Crippen LogP contribution >= 0.6 is 0 Å². The average Bonchev–Trinajstić information content (AvgIpc) is 3.38. The summed E-state index contributed by atoms with van der Waals surface area (Å²) in [6, 6.07) is 9.73. The van der Waals surface area contributed by atoms with Crippen LogP contribution in [-0.2, 0) is 15.8 Å². The van der Waals surface area contributed by atoms with E-state index in [0.717, 1.165) is 5.56 Å². The molecule has 2 aromatic heterocycles. The highest BCUT2D eigenvalue weighted by Crippen LogP contribution is 2.47. The number of alkyl halides is 1. The minimum Gasteiger partial charge on any atom is -0.471 e. The van der Waals surface area contributed by atoms with E-state index in [2.05, 4.69) is 56.6 Å². The number of nitrogens with zero attached hydrogens (tertiary/aromatic N) is 4. The zero-order valence-electron chi connectivity index (χ0n) is 22.9. The lowest BCUT2D eigenvalue weighted by atomic mass is 10.1. The van der Waals surface area contributed by atoms with Crippen LogP contribution in [0.2, 0.25) is 16.6 Å². The summed E-state index contributed by atoms with van der Waals surface area (Å²) in [7, 11) is -2.35. The van der Waals surface area contributed by atoms with E-state index in [0.29, 0.717) is 34.1 Å². The monoisotopic (exact) mass is 529 g/mol. The standard InChI is InChI=1S/C27H40FN5O3Si/c1-8-20-23(36-37(16(2)3,17(4)5)18(6)7)22(28)27(35-20)33-25-21(24(29)30-15-31-25)26(32-33)34-14-19-12-10-9-11-13-19/h9-13,15-18,20,22-23,27H,8,14H2,1-7H3,(H2,29,30,31)/t20-,22+,23-,27-/m1/s1. The average molecular weight is 530 g/mol. The number of fused-ring (bicyclic) bond motifs is 1. The zero-order valence-corrected chi connectivity index (χ0v) is 23.9. The fourth-order valence-corrected chi connectivity index (χ4v) is 11.5. The van der Waals surface area contributed by atoms with Crippen molar-refractivity contribution in [3.63, 3.8) is 0 Å². The molecule has 202 valence electrons. The van der Waals surface area contributed by atoms with Crippen LogP contribution in [0.4, 0.5) is 10.2 Å². The van der Waals surface area contributed by atoms with E-state index in [1.54, 1.807) is 0 Å². The molecule has 1 fully saturated rings. The molecule has 1 aromatic carbocycles. The first-order valence-electron chi connectivity index (χ1n) is 13.2. The molecule has 10 heteroatoms. The van der Waals surface area contributed by atoms with Crippen LogP contribution in [0.5, 0.6) is 5.88 Å². The summed E-state index contributed by atoms with van der Waals surface area (Å²) in [6.45, 7) is 15.5. The Morgan fingerprint density at radius 2 is 1.70 bits per heavy atom. The molecule has 37 heavy (non-hydrogen) atoms. The Bertz CT molecular complexity index is 1170. The second-order valence-corrected chi connectivity index (χ2v) is 16.2. The van der Waals surface area contributed by atoms with Crippen molar-refractivity contribution in [1.29, 1.82) is 0 Å². The molecule has 0 saturated carbocycles. The van der Waals surface area contributed by atoms with Gasteiger partial charge in [0.2, 0.25) is 14.2 Å². The van der Waals surface area contributed by atoms with E-state index in [1.807, 2.05) is 37.3 Å².